The molecule has 2 aromatic rings. The second kappa shape index (κ2) is 5.36. The van der Waals surface area contributed by atoms with Crippen LogP contribution in [0.3, 0.4) is 0 Å². The van der Waals surface area contributed by atoms with Crippen LogP contribution in [0, 0.1) is 5.82 Å². The first-order chi connectivity index (χ1) is 8.87. The first-order valence-electron chi connectivity index (χ1n) is 5.11. The monoisotopic (exact) mass is 319 g/mol. The fourth-order valence-corrected chi connectivity index (χ4v) is 3.22. The van der Waals surface area contributed by atoms with Crippen molar-refractivity contribution in [1.29, 1.82) is 0 Å². The summed E-state index contributed by atoms with van der Waals surface area (Å²) in [6.45, 7) is 0. The third-order valence-electron chi connectivity index (χ3n) is 2.22. The molecule has 1 N–H and O–H groups in total. The molecule has 0 amide bonds. The highest BCUT2D eigenvalue weighted by molar-refractivity contribution is 7.92. The number of benzene rings is 2. The van der Waals surface area contributed by atoms with Gasteiger partial charge in [0, 0.05) is 10.0 Å². The molecule has 0 saturated heterocycles. The summed E-state index contributed by atoms with van der Waals surface area (Å²) in [6.07, 6.45) is 0. The molecule has 0 heterocycles. The van der Waals surface area contributed by atoms with E-state index in [0.717, 1.165) is 6.07 Å². The van der Waals surface area contributed by atoms with Crippen LogP contribution >= 0.6 is 23.2 Å². The van der Waals surface area contributed by atoms with Gasteiger partial charge >= 0.3 is 0 Å². The second-order valence-electron chi connectivity index (χ2n) is 3.72. The first kappa shape index (κ1) is 14.1. The van der Waals surface area contributed by atoms with Crippen molar-refractivity contribution in [1.82, 2.24) is 0 Å². The molecule has 0 spiro atoms. The molecule has 0 radical (unpaired) electrons. The number of hydrogen-bond donors (Lipinski definition) is 1. The molecule has 0 atom stereocenters. The van der Waals surface area contributed by atoms with E-state index < -0.39 is 15.8 Å². The highest BCUT2D eigenvalue weighted by atomic mass is 35.5. The van der Waals surface area contributed by atoms with Gasteiger partial charge in [0.15, 0.2) is 0 Å². The molecule has 2 aromatic carbocycles. The van der Waals surface area contributed by atoms with Gasteiger partial charge in [0.05, 0.1) is 10.6 Å². The minimum absolute atomic E-state index is 0.0886. The Morgan fingerprint density at radius 3 is 2.21 bits per heavy atom. The van der Waals surface area contributed by atoms with Gasteiger partial charge in [-0.05, 0) is 36.4 Å². The van der Waals surface area contributed by atoms with Gasteiger partial charge in [0.25, 0.3) is 10.0 Å². The summed E-state index contributed by atoms with van der Waals surface area (Å²) < 4.78 is 39.4. The van der Waals surface area contributed by atoms with Gasteiger partial charge in [-0.15, -0.1) is 0 Å². The Bertz CT molecular complexity index is 699. The van der Waals surface area contributed by atoms with E-state index in [9.17, 15) is 12.8 Å². The molecule has 0 unspecified atom stereocenters. The van der Waals surface area contributed by atoms with Gasteiger partial charge in [-0.3, -0.25) is 4.72 Å². The van der Waals surface area contributed by atoms with Crippen LogP contribution in [0.15, 0.2) is 47.4 Å². The summed E-state index contributed by atoms with van der Waals surface area (Å²) in [5.74, 6) is -0.538. The summed E-state index contributed by atoms with van der Waals surface area (Å²) in [5, 5.41) is 0.402. The predicted octanol–water partition coefficient (Wildman–Crippen LogP) is 3.93. The van der Waals surface area contributed by atoms with Gasteiger partial charge in [0.1, 0.15) is 5.82 Å². The lowest BCUT2D eigenvalue weighted by Gasteiger charge is -2.08. The predicted molar refractivity (Wildman–Crippen MR) is 73.7 cm³/mol. The fourth-order valence-electron chi connectivity index (χ4n) is 1.45. The van der Waals surface area contributed by atoms with Crippen LogP contribution in [0.25, 0.3) is 0 Å². The van der Waals surface area contributed by atoms with Crippen LogP contribution in [0.2, 0.25) is 10.0 Å². The molecule has 0 aliphatic heterocycles. The molecule has 0 aromatic heterocycles. The summed E-state index contributed by atoms with van der Waals surface area (Å²) in [4.78, 5) is -0.0886. The summed E-state index contributed by atoms with van der Waals surface area (Å²) in [7, 11) is -3.86. The normalized spacial score (nSPS) is 11.3. The zero-order valence-electron chi connectivity index (χ0n) is 9.40. The van der Waals surface area contributed by atoms with E-state index in [-0.39, 0.29) is 20.6 Å². The summed E-state index contributed by atoms with van der Waals surface area (Å²) >= 11 is 11.5. The molecule has 3 nitrogen and oxygen atoms in total. The highest BCUT2D eigenvalue weighted by Crippen LogP contribution is 2.24. The Hall–Kier alpha value is -1.30. The molecule has 100 valence electrons. The quantitative estimate of drug-likeness (QED) is 0.931. The standard InChI is InChI=1S/C12H8Cl2FNO2S/c13-8-4-9(14)6-12(5-8)19(17,18)16-11-3-1-2-10(15)7-11/h1-7,16H. The van der Waals surface area contributed by atoms with Crippen molar-refractivity contribution >= 4 is 38.9 Å². The Labute approximate surface area is 120 Å². The average Bonchev–Trinajstić information content (AvgIpc) is 2.26. The van der Waals surface area contributed by atoms with E-state index >= 15 is 0 Å². The van der Waals surface area contributed by atoms with Crippen molar-refractivity contribution in [3.8, 4) is 0 Å². The largest absolute Gasteiger partial charge is 0.280 e. The zero-order valence-corrected chi connectivity index (χ0v) is 11.7. The van der Waals surface area contributed by atoms with Crippen LogP contribution in [-0.4, -0.2) is 8.42 Å². The molecule has 0 bridgehead atoms. The van der Waals surface area contributed by atoms with E-state index in [4.69, 9.17) is 23.2 Å². The van der Waals surface area contributed by atoms with Crippen molar-refractivity contribution in [3.05, 3.63) is 58.3 Å². The Morgan fingerprint density at radius 2 is 1.63 bits per heavy atom. The molecule has 2 rings (SSSR count). The van der Waals surface area contributed by atoms with Crippen molar-refractivity contribution in [2.24, 2.45) is 0 Å². The maximum atomic E-state index is 13.0. The minimum Gasteiger partial charge on any atom is -0.280 e. The van der Waals surface area contributed by atoms with E-state index in [2.05, 4.69) is 4.72 Å². The second-order valence-corrected chi connectivity index (χ2v) is 6.28. The number of rotatable bonds is 3. The SMILES string of the molecule is O=S(=O)(Nc1cccc(F)c1)c1cc(Cl)cc(Cl)c1. The van der Waals surface area contributed by atoms with Crippen LogP contribution in [0.5, 0.6) is 0 Å². The molecule has 19 heavy (non-hydrogen) atoms. The number of halogens is 3. The van der Waals surface area contributed by atoms with Gasteiger partial charge in [-0.1, -0.05) is 29.3 Å². The number of nitrogens with one attached hydrogen (secondary N) is 1. The Morgan fingerprint density at radius 1 is 1.00 bits per heavy atom. The smallest absolute Gasteiger partial charge is 0.261 e. The van der Waals surface area contributed by atoms with Crippen molar-refractivity contribution < 1.29 is 12.8 Å². The third kappa shape index (κ3) is 3.59. The number of hydrogen-bond acceptors (Lipinski definition) is 2. The van der Waals surface area contributed by atoms with Gasteiger partial charge in [0.2, 0.25) is 0 Å². The maximum Gasteiger partial charge on any atom is 0.261 e. The van der Waals surface area contributed by atoms with Crippen molar-refractivity contribution in [2.75, 3.05) is 4.72 Å². The van der Waals surface area contributed by atoms with Crippen LogP contribution in [-0.2, 0) is 10.0 Å². The zero-order chi connectivity index (χ0) is 14.0. The van der Waals surface area contributed by atoms with Crippen LogP contribution in [0.4, 0.5) is 10.1 Å². The van der Waals surface area contributed by atoms with Crippen molar-refractivity contribution in [2.45, 2.75) is 4.90 Å². The molecule has 7 heteroatoms. The number of anilines is 1. The van der Waals surface area contributed by atoms with Gasteiger partial charge in [-0.2, -0.15) is 0 Å². The van der Waals surface area contributed by atoms with Crippen LogP contribution in [0.1, 0.15) is 0 Å². The molecule has 0 fully saturated rings. The topological polar surface area (TPSA) is 46.2 Å². The van der Waals surface area contributed by atoms with Crippen molar-refractivity contribution in [3.63, 3.8) is 0 Å². The van der Waals surface area contributed by atoms with E-state index in [1.807, 2.05) is 0 Å². The van der Waals surface area contributed by atoms with Crippen LogP contribution < -0.4 is 4.72 Å². The molecule has 0 aliphatic rings. The lowest BCUT2D eigenvalue weighted by molar-refractivity contribution is 0.601. The molecule has 0 aliphatic carbocycles. The van der Waals surface area contributed by atoms with E-state index in [0.29, 0.717) is 0 Å². The summed E-state index contributed by atoms with van der Waals surface area (Å²) in [5.41, 5.74) is 0.121. The minimum atomic E-state index is -3.86. The molecular weight excluding hydrogens is 312 g/mol. The summed E-state index contributed by atoms with van der Waals surface area (Å²) in [6, 6.07) is 9.07. The van der Waals surface area contributed by atoms with Gasteiger partial charge in [-0.25, -0.2) is 12.8 Å². The lowest BCUT2D eigenvalue weighted by atomic mass is 10.3. The maximum absolute atomic E-state index is 13.0. The van der Waals surface area contributed by atoms with E-state index in [1.54, 1.807) is 0 Å². The highest BCUT2D eigenvalue weighted by Gasteiger charge is 2.15. The van der Waals surface area contributed by atoms with Gasteiger partial charge < -0.3 is 0 Å². The lowest BCUT2D eigenvalue weighted by Crippen LogP contribution is -2.13. The molecular formula is C12H8Cl2FNO2S. The Balaban J connectivity index is 2.37. The average molecular weight is 320 g/mol. The van der Waals surface area contributed by atoms with E-state index in [1.165, 1.54) is 36.4 Å². The third-order valence-corrected chi connectivity index (χ3v) is 4.02. The fraction of sp³-hybridized carbons (Fsp3) is 0. The Kier molecular flexibility index (Phi) is 3.99. The first-order valence-corrected chi connectivity index (χ1v) is 7.35. The molecule has 0 saturated carbocycles. The number of sulfonamides is 1.